The Balaban J connectivity index is 1.68. The number of aryl methyl sites for hydroxylation is 1. The lowest BCUT2D eigenvalue weighted by Gasteiger charge is -2.03. The number of hydrogen-bond donors (Lipinski definition) is 2. The molecular formula is C16H11N5O3S. The summed E-state index contributed by atoms with van der Waals surface area (Å²) >= 11 is 1.54. The molecule has 0 bridgehead atoms. The molecule has 2 N–H and O–H groups in total. The van der Waals surface area contributed by atoms with E-state index in [9.17, 15) is 14.9 Å². The van der Waals surface area contributed by atoms with Crippen LogP contribution in [0, 0.1) is 17.0 Å². The number of rotatable bonds is 3. The number of nitro groups is 1. The van der Waals surface area contributed by atoms with Crippen LogP contribution in [0.5, 0.6) is 0 Å². The van der Waals surface area contributed by atoms with Crippen molar-refractivity contribution in [3.8, 4) is 0 Å². The minimum Gasteiger partial charge on any atom is -0.321 e. The maximum absolute atomic E-state index is 12.5. The average molecular weight is 353 g/mol. The molecule has 0 saturated heterocycles. The van der Waals surface area contributed by atoms with E-state index < -0.39 is 10.8 Å². The third-order valence-electron chi connectivity index (χ3n) is 3.73. The summed E-state index contributed by atoms with van der Waals surface area (Å²) in [6.07, 6.45) is 0. The Kier molecular flexibility index (Phi) is 3.43. The number of carbonyl (C=O) groups excluding carboxylic acids is 1. The number of nitrogens with one attached hydrogen (secondary N) is 2. The molecule has 2 aromatic carbocycles. The van der Waals surface area contributed by atoms with Crippen molar-refractivity contribution in [2.45, 2.75) is 6.92 Å². The molecule has 0 saturated carbocycles. The largest absolute Gasteiger partial charge is 0.321 e. The summed E-state index contributed by atoms with van der Waals surface area (Å²) in [5.74, 6) is -0.438. The van der Waals surface area contributed by atoms with Crippen molar-refractivity contribution in [3.63, 3.8) is 0 Å². The van der Waals surface area contributed by atoms with Gasteiger partial charge in [0.05, 0.1) is 25.7 Å². The fourth-order valence-electron chi connectivity index (χ4n) is 2.60. The molecule has 0 spiro atoms. The first-order valence-electron chi connectivity index (χ1n) is 7.32. The third kappa shape index (κ3) is 2.70. The van der Waals surface area contributed by atoms with E-state index >= 15 is 0 Å². The number of nitro benzene ring substituents is 1. The summed E-state index contributed by atoms with van der Waals surface area (Å²) < 4.78 is 0.970. The van der Waals surface area contributed by atoms with Crippen LogP contribution < -0.4 is 5.32 Å². The van der Waals surface area contributed by atoms with Gasteiger partial charge in [-0.1, -0.05) is 0 Å². The first kappa shape index (κ1) is 15.2. The summed E-state index contributed by atoms with van der Waals surface area (Å²) in [6.45, 7) is 1.92. The van der Waals surface area contributed by atoms with Gasteiger partial charge < -0.3 is 5.32 Å². The number of anilines is 1. The van der Waals surface area contributed by atoms with Gasteiger partial charge in [0.2, 0.25) is 0 Å². The average Bonchev–Trinajstić information content (AvgIpc) is 3.15. The number of amides is 1. The van der Waals surface area contributed by atoms with Gasteiger partial charge in [-0.15, -0.1) is 11.3 Å². The fraction of sp³-hybridized carbons (Fsp3) is 0.0625. The summed E-state index contributed by atoms with van der Waals surface area (Å²) in [5, 5.41) is 21.8. The van der Waals surface area contributed by atoms with E-state index in [1.54, 1.807) is 6.07 Å². The summed E-state index contributed by atoms with van der Waals surface area (Å²) in [5.41, 5.74) is 2.07. The molecular weight excluding hydrogens is 342 g/mol. The second kappa shape index (κ2) is 5.64. The number of aromatic nitrogens is 3. The predicted octanol–water partition coefficient (Wildman–Crippen LogP) is 3.64. The van der Waals surface area contributed by atoms with Gasteiger partial charge in [-0.05, 0) is 31.2 Å². The lowest BCUT2D eigenvalue weighted by atomic mass is 10.2. The SMILES string of the molecule is Cc1nc2ccc(NC(=O)c3n[nH]c4ccc([N+](=O)[O-])cc34)cc2s1. The normalized spacial score (nSPS) is 11.1. The van der Waals surface area contributed by atoms with Crippen LogP contribution in [0.3, 0.4) is 0 Å². The lowest BCUT2D eigenvalue weighted by Crippen LogP contribution is -2.12. The first-order chi connectivity index (χ1) is 12.0. The Morgan fingerprint density at radius 1 is 1.28 bits per heavy atom. The van der Waals surface area contributed by atoms with Crippen LogP contribution in [0.4, 0.5) is 11.4 Å². The second-order valence-electron chi connectivity index (χ2n) is 5.43. The molecule has 0 radical (unpaired) electrons. The van der Waals surface area contributed by atoms with Crippen LogP contribution in [0.25, 0.3) is 21.1 Å². The molecule has 0 aliphatic rings. The minimum absolute atomic E-state index is 0.0931. The van der Waals surface area contributed by atoms with Crippen LogP contribution in [0.1, 0.15) is 15.5 Å². The summed E-state index contributed by atoms with van der Waals surface area (Å²) in [4.78, 5) is 27.3. The molecule has 0 atom stereocenters. The van der Waals surface area contributed by atoms with E-state index in [1.165, 1.54) is 29.5 Å². The van der Waals surface area contributed by atoms with Gasteiger partial charge in [0.1, 0.15) is 0 Å². The summed E-state index contributed by atoms with van der Waals surface area (Å²) in [7, 11) is 0. The van der Waals surface area contributed by atoms with Crippen LogP contribution >= 0.6 is 11.3 Å². The molecule has 2 heterocycles. The van der Waals surface area contributed by atoms with E-state index in [2.05, 4.69) is 20.5 Å². The minimum atomic E-state index is -0.506. The van der Waals surface area contributed by atoms with E-state index in [4.69, 9.17) is 0 Å². The van der Waals surface area contributed by atoms with Gasteiger partial charge >= 0.3 is 0 Å². The number of non-ortho nitro benzene ring substituents is 1. The van der Waals surface area contributed by atoms with E-state index in [-0.39, 0.29) is 11.4 Å². The number of hydrogen-bond acceptors (Lipinski definition) is 6. The highest BCUT2D eigenvalue weighted by Crippen LogP contribution is 2.26. The Hall–Kier alpha value is -3.33. The number of H-pyrrole nitrogens is 1. The second-order valence-corrected chi connectivity index (χ2v) is 6.66. The number of benzene rings is 2. The number of carbonyl (C=O) groups is 1. The van der Waals surface area contributed by atoms with Crippen molar-refractivity contribution in [2.75, 3.05) is 5.32 Å². The summed E-state index contributed by atoms with van der Waals surface area (Å²) in [6, 6.07) is 9.67. The van der Waals surface area contributed by atoms with Crippen LogP contribution in [-0.4, -0.2) is 26.0 Å². The molecule has 124 valence electrons. The topological polar surface area (TPSA) is 114 Å². The maximum atomic E-state index is 12.5. The van der Waals surface area contributed by atoms with Crippen molar-refractivity contribution in [1.82, 2.24) is 15.2 Å². The van der Waals surface area contributed by atoms with Crippen molar-refractivity contribution in [1.29, 1.82) is 0 Å². The van der Waals surface area contributed by atoms with Crippen LogP contribution in [-0.2, 0) is 0 Å². The molecule has 0 aliphatic heterocycles. The molecule has 8 nitrogen and oxygen atoms in total. The van der Waals surface area contributed by atoms with Gasteiger partial charge in [-0.3, -0.25) is 20.0 Å². The van der Waals surface area contributed by atoms with Gasteiger partial charge in [0, 0.05) is 23.2 Å². The Labute approximate surface area is 144 Å². The van der Waals surface area contributed by atoms with Gasteiger partial charge in [0.15, 0.2) is 5.69 Å². The van der Waals surface area contributed by atoms with Crippen LogP contribution in [0.2, 0.25) is 0 Å². The van der Waals surface area contributed by atoms with Crippen LogP contribution in [0.15, 0.2) is 36.4 Å². The molecule has 25 heavy (non-hydrogen) atoms. The number of aromatic amines is 1. The Morgan fingerprint density at radius 3 is 2.92 bits per heavy atom. The molecule has 0 unspecified atom stereocenters. The van der Waals surface area contributed by atoms with E-state index in [0.717, 1.165) is 15.2 Å². The van der Waals surface area contributed by atoms with Gasteiger partial charge in [0.25, 0.3) is 11.6 Å². The van der Waals surface area contributed by atoms with Gasteiger partial charge in [-0.2, -0.15) is 5.10 Å². The zero-order valence-corrected chi connectivity index (χ0v) is 13.8. The fourth-order valence-corrected chi connectivity index (χ4v) is 3.46. The number of thiazole rings is 1. The van der Waals surface area contributed by atoms with Gasteiger partial charge in [-0.25, -0.2) is 4.98 Å². The monoisotopic (exact) mass is 353 g/mol. The molecule has 4 aromatic rings. The Morgan fingerprint density at radius 2 is 2.12 bits per heavy atom. The van der Waals surface area contributed by atoms with Crippen molar-refractivity contribution in [2.24, 2.45) is 0 Å². The molecule has 2 aromatic heterocycles. The Bertz CT molecular complexity index is 1150. The predicted molar refractivity (Wildman–Crippen MR) is 95.1 cm³/mol. The van der Waals surface area contributed by atoms with E-state index in [1.807, 2.05) is 19.1 Å². The number of fused-ring (bicyclic) bond motifs is 2. The number of nitrogens with zero attached hydrogens (tertiary/aromatic N) is 3. The highest BCUT2D eigenvalue weighted by molar-refractivity contribution is 7.18. The molecule has 0 fully saturated rings. The quantitative estimate of drug-likeness (QED) is 0.431. The maximum Gasteiger partial charge on any atom is 0.276 e. The zero-order valence-electron chi connectivity index (χ0n) is 12.9. The molecule has 9 heteroatoms. The molecule has 4 rings (SSSR count). The zero-order chi connectivity index (χ0) is 17.6. The van der Waals surface area contributed by atoms with Crippen molar-refractivity contribution in [3.05, 3.63) is 57.2 Å². The van der Waals surface area contributed by atoms with E-state index in [0.29, 0.717) is 16.6 Å². The standard InChI is InChI=1S/C16H11N5O3S/c1-8-17-13-4-2-9(6-14(13)25-8)18-16(22)15-11-7-10(21(23)24)3-5-12(11)19-20-15/h2-7H,1H3,(H,18,22)(H,19,20). The highest BCUT2D eigenvalue weighted by Gasteiger charge is 2.17. The van der Waals surface area contributed by atoms with Crippen molar-refractivity contribution < 1.29 is 9.72 Å². The molecule has 1 amide bonds. The highest BCUT2D eigenvalue weighted by atomic mass is 32.1. The lowest BCUT2D eigenvalue weighted by molar-refractivity contribution is -0.384. The molecule has 0 aliphatic carbocycles. The first-order valence-corrected chi connectivity index (χ1v) is 8.14. The smallest absolute Gasteiger partial charge is 0.276 e. The third-order valence-corrected chi connectivity index (χ3v) is 4.66. The van der Waals surface area contributed by atoms with Crippen molar-refractivity contribution >= 4 is 49.7 Å².